The van der Waals surface area contributed by atoms with Crippen molar-refractivity contribution in [3.63, 3.8) is 0 Å². The Balaban J connectivity index is 1.44. The lowest BCUT2D eigenvalue weighted by molar-refractivity contribution is -0.137. The number of amides is 1. The molecule has 0 aliphatic carbocycles. The monoisotopic (exact) mass is 510 g/mol. The first kappa shape index (κ1) is 24.2. The number of benzene rings is 3. The van der Waals surface area contributed by atoms with E-state index in [4.69, 9.17) is 4.74 Å². The Morgan fingerprint density at radius 1 is 1.05 bits per heavy atom. The molecule has 8 heteroatoms. The molecule has 0 saturated heterocycles. The highest BCUT2D eigenvalue weighted by Crippen LogP contribution is 2.35. The number of rotatable bonds is 2. The molecule has 0 spiro atoms. The molecule has 1 atom stereocenters. The van der Waals surface area contributed by atoms with Crippen LogP contribution < -0.4 is 4.74 Å². The molecule has 1 N–H and O–H groups in total. The summed E-state index contributed by atoms with van der Waals surface area (Å²) in [5.74, 6) is -0.453. The van der Waals surface area contributed by atoms with Crippen molar-refractivity contribution in [3.05, 3.63) is 88.0 Å². The van der Waals surface area contributed by atoms with Gasteiger partial charge < -0.3 is 14.7 Å². The van der Waals surface area contributed by atoms with Crippen molar-refractivity contribution in [1.82, 2.24) is 19.9 Å². The predicted molar refractivity (Wildman–Crippen MR) is 142 cm³/mol. The van der Waals surface area contributed by atoms with E-state index < -0.39 is 5.97 Å². The number of aromatic nitrogens is 3. The van der Waals surface area contributed by atoms with Gasteiger partial charge in [0.1, 0.15) is 11.3 Å². The summed E-state index contributed by atoms with van der Waals surface area (Å²) in [5, 5.41) is 18.7. The molecule has 0 radical (unpaired) electrons. The average Bonchev–Trinajstić information content (AvgIpc) is 3.34. The van der Waals surface area contributed by atoms with Crippen LogP contribution in [0.3, 0.4) is 0 Å². The van der Waals surface area contributed by atoms with Gasteiger partial charge in [0.25, 0.3) is 5.91 Å². The molecule has 6 heterocycles. The van der Waals surface area contributed by atoms with Gasteiger partial charge in [-0.15, -0.1) is 5.10 Å². The van der Waals surface area contributed by atoms with Gasteiger partial charge in [0, 0.05) is 31.1 Å². The third-order valence-corrected chi connectivity index (χ3v) is 7.80. The summed E-state index contributed by atoms with van der Waals surface area (Å²) in [4.78, 5) is 27.2. The summed E-state index contributed by atoms with van der Waals surface area (Å²) < 4.78 is 7.82. The molecule has 194 valence electrons. The molecule has 9 rings (SSSR count). The number of carbonyl (C=O) groups is 2. The van der Waals surface area contributed by atoms with Gasteiger partial charge in [-0.1, -0.05) is 29.5 Å². The molecule has 38 heavy (non-hydrogen) atoms. The first-order valence-electron chi connectivity index (χ1n) is 13.2. The number of carboxylic acid groups (broad SMARTS) is 1. The van der Waals surface area contributed by atoms with E-state index in [2.05, 4.69) is 22.4 Å². The number of hydrogen-bond acceptors (Lipinski definition) is 5. The lowest BCUT2D eigenvalue weighted by Gasteiger charge is -2.30. The predicted octanol–water partition coefficient (Wildman–Crippen LogP) is 4.72. The van der Waals surface area contributed by atoms with Crippen LogP contribution in [0.15, 0.2) is 54.6 Å². The maximum atomic E-state index is 13.3. The molecule has 4 aromatic rings. The molecular weight excluding hydrogens is 480 g/mol. The zero-order valence-electron chi connectivity index (χ0n) is 21.4. The van der Waals surface area contributed by atoms with Gasteiger partial charge in [-0.25, -0.2) is 4.68 Å². The molecule has 1 amide bonds. The van der Waals surface area contributed by atoms with E-state index in [1.807, 2.05) is 59.0 Å². The third kappa shape index (κ3) is 4.51. The fraction of sp³-hybridized carbons (Fsp3) is 0.333. The quantitative estimate of drug-likeness (QED) is 0.419. The smallest absolute Gasteiger partial charge is 0.304 e. The molecule has 0 fully saturated rings. The highest BCUT2D eigenvalue weighted by atomic mass is 16.5. The molecule has 9 bridgehead atoms. The number of carbonyl (C=O) groups excluding carboxylic acids is 1. The lowest BCUT2D eigenvalue weighted by Crippen LogP contribution is -2.36. The van der Waals surface area contributed by atoms with Crippen molar-refractivity contribution >= 4 is 22.9 Å². The van der Waals surface area contributed by atoms with E-state index in [9.17, 15) is 14.7 Å². The number of aryl methyl sites for hydroxylation is 2. The topological polar surface area (TPSA) is 97.5 Å². The van der Waals surface area contributed by atoms with Crippen molar-refractivity contribution < 1.29 is 19.4 Å². The van der Waals surface area contributed by atoms with E-state index in [1.165, 1.54) is 5.56 Å². The minimum Gasteiger partial charge on any atom is -0.494 e. The minimum atomic E-state index is -0.858. The van der Waals surface area contributed by atoms with Gasteiger partial charge in [0.2, 0.25) is 0 Å². The Morgan fingerprint density at radius 2 is 1.89 bits per heavy atom. The normalized spacial score (nSPS) is 17.7. The van der Waals surface area contributed by atoms with Crippen LogP contribution in [-0.2, 0) is 24.3 Å². The van der Waals surface area contributed by atoms with Crippen LogP contribution in [-0.4, -0.2) is 50.0 Å². The number of nitrogens with zero attached hydrogens (tertiary/aromatic N) is 4. The summed E-state index contributed by atoms with van der Waals surface area (Å²) in [6.07, 6.45) is 2.46. The van der Waals surface area contributed by atoms with Gasteiger partial charge in [0.05, 0.1) is 18.5 Å². The van der Waals surface area contributed by atoms with Crippen molar-refractivity contribution in [1.29, 1.82) is 0 Å². The molecular formula is C30H30N4O4. The second kappa shape index (κ2) is 9.93. The van der Waals surface area contributed by atoms with Crippen LogP contribution in [0.1, 0.15) is 63.4 Å². The number of aliphatic carboxylic acids is 1. The summed E-state index contributed by atoms with van der Waals surface area (Å²) in [5.41, 5.74) is 7.47. The van der Waals surface area contributed by atoms with E-state index in [-0.39, 0.29) is 18.2 Å². The maximum Gasteiger partial charge on any atom is 0.304 e. The maximum absolute atomic E-state index is 13.3. The molecule has 8 nitrogen and oxygen atoms in total. The highest BCUT2D eigenvalue weighted by molar-refractivity contribution is 5.94. The second-order valence-electron chi connectivity index (χ2n) is 10.2. The molecule has 1 aromatic heterocycles. The number of ether oxygens (including phenoxy) is 1. The lowest BCUT2D eigenvalue weighted by atomic mass is 9.83. The van der Waals surface area contributed by atoms with Crippen LogP contribution in [0, 0.1) is 6.92 Å². The highest BCUT2D eigenvalue weighted by Gasteiger charge is 2.26. The first-order valence-corrected chi connectivity index (χ1v) is 13.2. The van der Waals surface area contributed by atoms with Crippen molar-refractivity contribution in [2.75, 3.05) is 13.2 Å². The average molecular weight is 511 g/mol. The van der Waals surface area contributed by atoms with Gasteiger partial charge in [-0.05, 0) is 84.3 Å². The van der Waals surface area contributed by atoms with Crippen LogP contribution in [0.25, 0.3) is 11.0 Å². The molecule has 1 unspecified atom stereocenters. The van der Waals surface area contributed by atoms with Crippen LogP contribution in [0.4, 0.5) is 0 Å². The van der Waals surface area contributed by atoms with E-state index in [1.54, 1.807) is 0 Å². The summed E-state index contributed by atoms with van der Waals surface area (Å²) in [6, 6.07) is 17.6. The van der Waals surface area contributed by atoms with Gasteiger partial charge in [-0.3, -0.25) is 9.59 Å². The van der Waals surface area contributed by atoms with Gasteiger partial charge in [0.15, 0.2) is 0 Å². The van der Waals surface area contributed by atoms with Crippen molar-refractivity contribution in [3.8, 4) is 5.75 Å². The summed E-state index contributed by atoms with van der Waals surface area (Å²) in [7, 11) is 0. The SMILES string of the molecule is Cc1c2ccc3c1nnn3CCCCOc1ccc(cc1)C(=O)N1CCc3ccc(cc3C1)C2CC(=O)O. The Bertz CT molecular complexity index is 1530. The Labute approximate surface area is 220 Å². The number of hydrogen-bond donors (Lipinski definition) is 1. The Kier molecular flexibility index (Phi) is 6.31. The van der Waals surface area contributed by atoms with Gasteiger partial charge >= 0.3 is 5.97 Å². The standard InChI is InChI=1S/C30H30N4O4/c1-19-25-10-11-27-29(19)31-32-34(27)13-2-3-15-38-24-8-6-21(7-9-24)30(37)33-14-12-20-4-5-22(16-23(20)18-33)26(25)17-28(35)36/h4-11,16,26H,2-3,12-15,17-18H2,1H3,(H,35,36). The summed E-state index contributed by atoms with van der Waals surface area (Å²) >= 11 is 0. The largest absolute Gasteiger partial charge is 0.494 e. The molecule has 3 aromatic carbocycles. The number of carboxylic acids is 1. The van der Waals surface area contributed by atoms with E-state index >= 15 is 0 Å². The van der Waals surface area contributed by atoms with E-state index in [0.717, 1.165) is 58.3 Å². The van der Waals surface area contributed by atoms with Gasteiger partial charge in [-0.2, -0.15) is 0 Å². The van der Waals surface area contributed by atoms with Crippen LogP contribution in [0.2, 0.25) is 0 Å². The van der Waals surface area contributed by atoms with Crippen LogP contribution >= 0.6 is 0 Å². The molecule has 5 aliphatic heterocycles. The first-order chi connectivity index (χ1) is 18.5. The van der Waals surface area contributed by atoms with E-state index in [0.29, 0.717) is 31.8 Å². The second-order valence-corrected chi connectivity index (χ2v) is 10.2. The Morgan fingerprint density at radius 3 is 2.71 bits per heavy atom. The minimum absolute atomic E-state index is 0.00995. The zero-order valence-corrected chi connectivity index (χ0v) is 21.4. The summed E-state index contributed by atoms with van der Waals surface area (Å²) in [6.45, 7) is 4.42. The molecule has 0 saturated carbocycles. The van der Waals surface area contributed by atoms with Crippen molar-refractivity contribution in [2.45, 2.75) is 51.6 Å². The van der Waals surface area contributed by atoms with Crippen molar-refractivity contribution in [2.24, 2.45) is 0 Å². The van der Waals surface area contributed by atoms with Crippen LogP contribution in [0.5, 0.6) is 5.75 Å². The molecule has 5 aliphatic rings. The fourth-order valence-corrected chi connectivity index (χ4v) is 5.70. The Hall–Kier alpha value is -4.20. The zero-order chi connectivity index (χ0) is 26.2. The fourth-order valence-electron chi connectivity index (χ4n) is 5.70. The third-order valence-electron chi connectivity index (χ3n) is 7.80.